The van der Waals surface area contributed by atoms with Gasteiger partial charge in [-0.2, -0.15) is 0 Å². The maximum absolute atomic E-state index is 14.6. The molecule has 116 valence electrons. The number of halogens is 2. The van der Waals surface area contributed by atoms with Gasteiger partial charge in [0.15, 0.2) is 6.29 Å². The minimum Gasteiger partial charge on any atom is -0.372 e. The molecule has 0 unspecified atom stereocenters. The first-order valence-corrected chi connectivity index (χ1v) is 7.96. The van der Waals surface area contributed by atoms with Crippen LogP contribution in [0.2, 0.25) is 0 Å². The lowest BCUT2D eigenvalue weighted by molar-refractivity contribution is -0.0446. The first-order chi connectivity index (χ1) is 10.0. The van der Waals surface area contributed by atoms with E-state index >= 15 is 0 Å². The fraction of sp³-hybridized carbons (Fsp3) is 0.600. The van der Waals surface area contributed by atoms with E-state index < -0.39 is 6.29 Å². The SMILES string of the molecule is C[C@@H]1CN(c2c(F)cc(Br)cc2C2OCCO2)C[C@H](C)O1. The Hall–Kier alpha value is -0.690. The van der Waals surface area contributed by atoms with E-state index in [1.165, 1.54) is 6.07 Å². The summed E-state index contributed by atoms with van der Waals surface area (Å²) in [5, 5.41) is 0. The van der Waals surface area contributed by atoms with E-state index in [0.717, 1.165) is 5.56 Å². The predicted molar refractivity (Wildman–Crippen MR) is 81.0 cm³/mol. The van der Waals surface area contributed by atoms with Crippen molar-refractivity contribution in [1.29, 1.82) is 0 Å². The van der Waals surface area contributed by atoms with E-state index in [1.54, 1.807) is 0 Å². The molecule has 2 aliphatic rings. The summed E-state index contributed by atoms with van der Waals surface area (Å²) in [5.41, 5.74) is 1.30. The van der Waals surface area contributed by atoms with Crippen molar-refractivity contribution in [2.45, 2.75) is 32.3 Å². The normalized spacial score (nSPS) is 27.3. The van der Waals surface area contributed by atoms with Gasteiger partial charge in [0.2, 0.25) is 0 Å². The summed E-state index contributed by atoms with van der Waals surface area (Å²) in [6.45, 7) is 6.39. The smallest absolute Gasteiger partial charge is 0.186 e. The molecule has 21 heavy (non-hydrogen) atoms. The molecule has 2 fully saturated rings. The second-order valence-electron chi connectivity index (χ2n) is 5.56. The van der Waals surface area contributed by atoms with Crippen molar-refractivity contribution in [3.05, 3.63) is 28.0 Å². The van der Waals surface area contributed by atoms with Gasteiger partial charge in [0.1, 0.15) is 5.82 Å². The van der Waals surface area contributed by atoms with Crippen molar-refractivity contribution in [2.24, 2.45) is 0 Å². The number of nitrogens with zero attached hydrogens (tertiary/aromatic N) is 1. The maximum Gasteiger partial charge on any atom is 0.186 e. The van der Waals surface area contributed by atoms with E-state index in [4.69, 9.17) is 14.2 Å². The Bertz CT molecular complexity index is 512. The summed E-state index contributed by atoms with van der Waals surface area (Å²) in [4.78, 5) is 2.03. The molecule has 4 nitrogen and oxygen atoms in total. The number of hydrogen-bond donors (Lipinski definition) is 0. The predicted octanol–water partition coefficient (Wildman–Crippen LogP) is 3.25. The molecule has 6 heteroatoms. The first kappa shape index (κ1) is 15.2. The molecule has 0 radical (unpaired) electrons. The maximum atomic E-state index is 14.6. The second-order valence-corrected chi connectivity index (χ2v) is 6.48. The van der Waals surface area contributed by atoms with Crippen molar-refractivity contribution in [1.82, 2.24) is 0 Å². The average molecular weight is 360 g/mol. The van der Waals surface area contributed by atoms with Crippen LogP contribution < -0.4 is 4.90 Å². The van der Waals surface area contributed by atoms with Crippen LogP contribution in [0.25, 0.3) is 0 Å². The first-order valence-electron chi connectivity index (χ1n) is 7.17. The van der Waals surface area contributed by atoms with Crippen molar-refractivity contribution in [3.8, 4) is 0 Å². The summed E-state index contributed by atoms with van der Waals surface area (Å²) in [7, 11) is 0. The molecular formula is C15H19BrFNO3. The van der Waals surface area contributed by atoms with Gasteiger partial charge in [-0.15, -0.1) is 0 Å². The molecule has 2 heterocycles. The summed E-state index contributed by atoms with van der Waals surface area (Å²) in [6.07, 6.45) is -0.370. The van der Waals surface area contributed by atoms with Gasteiger partial charge in [-0.25, -0.2) is 4.39 Å². The molecule has 0 spiro atoms. The Labute approximate surface area is 132 Å². The highest BCUT2D eigenvalue weighted by molar-refractivity contribution is 9.10. The quantitative estimate of drug-likeness (QED) is 0.810. The summed E-state index contributed by atoms with van der Waals surface area (Å²) >= 11 is 3.35. The van der Waals surface area contributed by atoms with Gasteiger partial charge in [0.05, 0.1) is 31.1 Å². The fourth-order valence-corrected chi connectivity index (χ4v) is 3.45. The van der Waals surface area contributed by atoms with Crippen LogP contribution in [0.15, 0.2) is 16.6 Å². The summed E-state index contributed by atoms with van der Waals surface area (Å²) < 4.78 is 32.1. The van der Waals surface area contributed by atoms with E-state index in [1.807, 2.05) is 24.8 Å². The van der Waals surface area contributed by atoms with E-state index in [-0.39, 0.29) is 18.0 Å². The van der Waals surface area contributed by atoms with E-state index in [0.29, 0.717) is 36.5 Å². The van der Waals surface area contributed by atoms with Crippen molar-refractivity contribution in [2.75, 3.05) is 31.2 Å². The van der Waals surface area contributed by atoms with Gasteiger partial charge in [0, 0.05) is 23.1 Å². The molecule has 0 amide bonds. The Morgan fingerprint density at radius 2 is 1.76 bits per heavy atom. The van der Waals surface area contributed by atoms with Crippen LogP contribution in [-0.2, 0) is 14.2 Å². The standard InChI is InChI=1S/C15H19BrFNO3/c1-9-7-18(8-10(2)21-9)14-12(15-19-3-4-20-15)5-11(16)6-13(14)17/h5-6,9-10,15H,3-4,7-8H2,1-2H3/t9-,10+. The molecule has 0 saturated carbocycles. The zero-order valence-corrected chi connectivity index (χ0v) is 13.7. The minimum absolute atomic E-state index is 0.0649. The number of rotatable bonds is 2. The number of ether oxygens (including phenoxy) is 3. The van der Waals surface area contributed by atoms with Gasteiger partial charge in [-0.1, -0.05) is 15.9 Å². The molecular weight excluding hydrogens is 341 g/mol. The fourth-order valence-electron chi connectivity index (χ4n) is 3.00. The molecule has 1 aromatic carbocycles. The lowest BCUT2D eigenvalue weighted by Crippen LogP contribution is -2.46. The highest BCUT2D eigenvalue weighted by Gasteiger charge is 2.30. The molecule has 0 aromatic heterocycles. The number of hydrogen-bond acceptors (Lipinski definition) is 4. The highest BCUT2D eigenvalue weighted by Crippen LogP contribution is 2.37. The van der Waals surface area contributed by atoms with E-state index in [2.05, 4.69) is 15.9 Å². The van der Waals surface area contributed by atoms with Gasteiger partial charge in [-0.05, 0) is 26.0 Å². The zero-order chi connectivity index (χ0) is 15.0. The lowest BCUT2D eigenvalue weighted by Gasteiger charge is -2.38. The molecule has 1 aromatic rings. The Kier molecular flexibility index (Phi) is 4.49. The Morgan fingerprint density at radius 1 is 1.14 bits per heavy atom. The van der Waals surface area contributed by atoms with Gasteiger partial charge in [-0.3, -0.25) is 0 Å². The van der Waals surface area contributed by atoms with Gasteiger partial charge < -0.3 is 19.1 Å². The minimum atomic E-state index is -0.500. The molecule has 2 saturated heterocycles. The number of morpholine rings is 1. The lowest BCUT2D eigenvalue weighted by atomic mass is 10.1. The molecule has 2 atom stereocenters. The largest absolute Gasteiger partial charge is 0.372 e. The molecule has 0 aliphatic carbocycles. The molecule has 2 aliphatic heterocycles. The second kappa shape index (κ2) is 6.20. The van der Waals surface area contributed by atoms with Gasteiger partial charge >= 0.3 is 0 Å². The van der Waals surface area contributed by atoms with Crippen molar-refractivity contribution >= 4 is 21.6 Å². The average Bonchev–Trinajstić information content (AvgIpc) is 2.89. The summed E-state index contributed by atoms with van der Waals surface area (Å²) in [6, 6.07) is 3.36. The third-order valence-corrected chi connectivity index (χ3v) is 4.13. The van der Waals surface area contributed by atoms with Crippen LogP contribution in [0, 0.1) is 5.82 Å². The number of benzene rings is 1. The van der Waals surface area contributed by atoms with Crippen LogP contribution in [0.5, 0.6) is 0 Å². The Balaban J connectivity index is 1.99. The topological polar surface area (TPSA) is 30.9 Å². The zero-order valence-electron chi connectivity index (χ0n) is 12.1. The van der Waals surface area contributed by atoms with E-state index in [9.17, 15) is 4.39 Å². The van der Waals surface area contributed by atoms with Crippen LogP contribution in [0.4, 0.5) is 10.1 Å². The monoisotopic (exact) mass is 359 g/mol. The Morgan fingerprint density at radius 3 is 2.38 bits per heavy atom. The highest BCUT2D eigenvalue weighted by atomic mass is 79.9. The van der Waals surface area contributed by atoms with Crippen LogP contribution in [0.1, 0.15) is 25.7 Å². The van der Waals surface area contributed by atoms with Crippen molar-refractivity contribution in [3.63, 3.8) is 0 Å². The number of anilines is 1. The molecule has 0 N–H and O–H groups in total. The van der Waals surface area contributed by atoms with Crippen LogP contribution in [0.3, 0.4) is 0 Å². The van der Waals surface area contributed by atoms with Gasteiger partial charge in [0.25, 0.3) is 0 Å². The molecule has 3 rings (SSSR count). The van der Waals surface area contributed by atoms with Crippen LogP contribution >= 0.6 is 15.9 Å². The third kappa shape index (κ3) is 3.23. The van der Waals surface area contributed by atoms with Crippen molar-refractivity contribution < 1.29 is 18.6 Å². The third-order valence-electron chi connectivity index (χ3n) is 3.67. The van der Waals surface area contributed by atoms with Crippen LogP contribution in [-0.4, -0.2) is 38.5 Å². The molecule has 0 bridgehead atoms. The summed E-state index contributed by atoms with van der Waals surface area (Å²) in [5.74, 6) is -0.264.